The molecule has 0 aliphatic carbocycles. The highest BCUT2D eigenvalue weighted by atomic mass is 16.5. The Balaban J connectivity index is 2.10. The number of nitrogens with zero attached hydrogens (tertiary/aromatic N) is 3. The Morgan fingerprint density at radius 2 is 2.17 bits per heavy atom. The number of aryl methyl sites for hydroxylation is 1. The number of H-pyrrole nitrogens is 1. The second-order valence-electron chi connectivity index (χ2n) is 5.29. The zero-order chi connectivity index (χ0) is 17.1. The highest BCUT2D eigenvalue weighted by molar-refractivity contribution is 5.73. The molecule has 124 valence electrons. The SMILES string of the molecule is COCCNc1ncc2c(=O)n(-c3cccc(C)c3)c(=O)[nH]c2n1. The first-order chi connectivity index (χ1) is 11.6. The fourth-order valence-corrected chi connectivity index (χ4v) is 2.36. The number of rotatable bonds is 5. The predicted molar refractivity (Wildman–Crippen MR) is 90.9 cm³/mol. The van der Waals surface area contributed by atoms with E-state index in [1.807, 2.05) is 13.0 Å². The van der Waals surface area contributed by atoms with Gasteiger partial charge in [-0.05, 0) is 24.6 Å². The summed E-state index contributed by atoms with van der Waals surface area (Å²) >= 11 is 0. The number of benzene rings is 1. The number of hydrogen-bond donors (Lipinski definition) is 2. The molecule has 1 aromatic carbocycles. The van der Waals surface area contributed by atoms with Crippen LogP contribution in [0.4, 0.5) is 5.95 Å². The van der Waals surface area contributed by atoms with Gasteiger partial charge in [0.1, 0.15) is 5.39 Å². The Morgan fingerprint density at radius 3 is 2.92 bits per heavy atom. The third kappa shape index (κ3) is 3.04. The molecule has 0 bridgehead atoms. The summed E-state index contributed by atoms with van der Waals surface area (Å²) < 4.78 is 6.01. The number of ether oxygens (including phenoxy) is 1. The van der Waals surface area contributed by atoms with E-state index in [2.05, 4.69) is 20.3 Å². The molecule has 0 aliphatic heterocycles. The van der Waals surface area contributed by atoms with Crippen LogP contribution in [0.3, 0.4) is 0 Å². The molecule has 2 heterocycles. The van der Waals surface area contributed by atoms with E-state index in [0.29, 0.717) is 24.8 Å². The van der Waals surface area contributed by atoms with E-state index in [1.54, 1.807) is 25.3 Å². The number of anilines is 1. The van der Waals surface area contributed by atoms with Crippen molar-refractivity contribution in [3.05, 3.63) is 56.9 Å². The normalized spacial score (nSPS) is 10.9. The van der Waals surface area contributed by atoms with Gasteiger partial charge in [0.15, 0.2) is 5.65 Å². The van der Waals surface area contributed by atoms with Crippen molar-refractivity contribution in [3.63, 3.8) is 0 Å². The van der Waals surface area contributed by atoms with Gasteiger partial charge >= 0.3 is 5.69 Å². The fourth-order valence-electron chi connectivity index (χ4n) is 2.36. The summed E-state index contributed by atoms with van der Waals surface area (Å²) in [6.07, 6.45) is 1.40. The maximum atomic E-state index is 12.7. The van der Waals surface area contributed by atoms with E-state index in [0.717, 1.165) is 10.1 Å². The summed E-state index contributed by atoms with van der Waals surface area (Å²) in [6, 6.07) is 7.16. The molecule has 8 nitrogen and oxygen atoms in total. The number of methoxy groups -OCH3 is 1. The van der Waals surface area contributed by atoms with E-state index in [-0.39, 0.29) is 11.0 Å². The molecule has 0 saturated heterocycles. The lowest BCUT2D eigenvalue weighted by molar-refractivity contribution is 0.210. The highest BCUT2D eigenvalue weighted by Gasteiger charge is 2.11. The molecule has 2 aromatic heterocycles. The van der Waals surface area contributed by atoms with Gasteiger partial charge in [-0.25, -0.2) is 14.3 Å². The van der Waals surface area contributed by atoms with Crippen molar-refractivity contribution < 1.29 is 4.74 Å². The van der Waals surface area contributed by atoms with Crippen LogP contribution >= 0.6 is 0 Å². The number of aromatic amines is 1. The summed E-state index contributed by atoms with van der Waals surface area (Å²) in [5.74, 6) is 0.322. The first-order valence-electron chi connectivity index (χ1n) is 7.42. The van der Waals surface area contributed by atoms with Crippen LogP contribution in [-0.4, -0.2) is 39.8 Å². The number of nitrogens with one attached hydrogen (secondary N) is 2. The molecule has 0 fully saturated rings. The molecule has 0 unspecified atom stereocenters. The van der Waals surface area contributed by atoms with Gasteiger partial charge < -0.3 is 10.1 Å². The van der Waals surface area contributed by atoms with Crippen LogP contribution in [0.15, 0.2) is 40.1 Å². The van der Waals surface area contributed by atoms with Gasteiger partial charge in [0.05, 0.1) is 12.3 Å². The summed E-state index contributed by atoms with van der Waals surface area (Å²) in [7, 11) is 1.59. The largest absolute Gasteiger partial charge is 0.383 e. The van der Waals surface area contributed by atoms with Crippen molar-refractivity contribution in [3.8, 4) is 5.69 Å². The monoisotopic (exact) mass is 327 g/mol. The smallest absolute Gasteiger partial charge is 0.334 e. The van der Waals surface area contributed by atoms with Crippen LogP contribution in [0.2, 0.25) is 0 Å². The first-order valence-corrected chi connectivity index (χ1v) is 7.42. The minimum Gasteiger partial charge on any atom is -0.383 e. The highest BCUT2D eigenvalue weighted by Crippen LogP contribution is 2.09. The molecule has 24 heavy (non-hydrogen) atoms. The van der Waals surface area contributed by atoms with E-state index in [9.17, 15) is 9.59 Å². The molecular weight excluding hydrogens is 310 g/mol. The van der Waals surface area contributed by atoms with Crippen LogP contribution in [0.1, 0.15) is 5.56 Å². The van der Waals surface area contributed by atoms with Crippen molar-refractivity contribution in [1.82, 2.24) is 19.5 Å². The molecule has 0 amide bonds. The van der Waals surface area contributed by atoms with Crippen molar-refractivity contribution in [2.75, 3.05) is 25.6 Å². The summed E-state index contributed by atoms with van der Waals surface area (Å²) in [4.78, 5) is 35.9. The van der Waals surface area contributed by atoms with Gasteiger partial charge in [-0.1, -0.05) is 12.1 Å². The van der Waals surface area contributed by atoms with Crippen LogP contribution < -0.4 is 16.6 Å². The zero-order valence-electron chi connectivity index (χ0n) is 13.4. The Morgan fingerprint density at radius 1 is 1.33 bits per heavy atom. The van der Waals surface area contributed by atoms with Gasteiger partial charge in [-0.2, -0.15) is 4.98 Å². The van der Waals surface area contributed by atoms with Gasteiger partial charge in [0, 0.05) is 19.9 Å². The second kappa shape index (κ2) is 6.63. The van der Waals surface area contributed by atoms with Crippen LogP contribution in [0, 0.1) is 6.92 Å². The Kier molecular flexibility index (Phi) is 4.39. The Bertz CT molecular complexity index is 993. The molecule has 3 aromatic rings. The van der Waals surface area contributed by atoms with Crippen molar-refractivity contribution in [2.45, 2.75) is 6.92 Å². The van der Waals surface area contributed by atoms with Gasteiger partial charge in [-0.15, -0.1) is 0 Å². The maximum Gasteiger partial charge on any atom is 0.334 e. The quantitative estimate of drug-likeness (QED) is 0.673. The minimum absolute atomic E-state index is 0.198. The number of hydrogen-bond acceptors (Lipinski definition) is 6. The topological polar surface area (TPSA) is 102 Å². The average Bonchev–Trinajstić information content (AvgIpc) is 2.55. The van der Waals surface area contributed by atoms with Crippen molar-refractivity contribution in [2.24, 2.45) is 0 Å². The molecule has 0 aliphatic rings. The molecule has 2 N–H and O–H groups in total. The van der Waals surface area contributed by atoms with Crippen molar-refractivity contribution >= 4 is 17.0 Å². The van der Waals surface area contributed by atoms with E-state index < -0.39 is 11.2 Å². The molecule has 8 heteroatoms. The van der Waals surface area contributed by atoms with Gasteiger partial charge in [-0.3, -0.25) is 9.78 Å². The third-order valence-electron chi connectivity index (χ3n) is 3.50. The van der Waals surface area contributed by atoms with Gasteiger partial charge in [0.2, 0.25) is 5.95 Å². The standard InChI is InChI=1S/C16H17N5O3/c1-10-4-3-5-11(8-10)21-14(22)12-9-18-15(17-6-7-24-2)19-13(12)20-16(21)23/h3-5,8-9H,6-7H2,1-2H3,(H2,17,18,19,20,23). The lowest BCUT2D eigenvalue weighted by atomic mass is 10.2. The Labute approximate surface area is 137 Å². The lowest BCUT2D eigenvalue weighted by Gasteiger charge is -2.08. The number of aromatic nitrogens is 4. The predicted octanol–water partition coefficient (Wildman–Crippen LogP) is 0.836. The molecule has 0 radical (unpaired) electrons. The summed E-state index contributed by atoms with van der Waals surface area (Å²) in [6.45, 7) is 2.91. The van der Waals surface area contributed by atoms with Crippen LogP contribution in [0.25, 0.3) is 16.7 Å². The molecule has 0 saturated carbocycles. The Hall–Kier alpha value is -3.00. The van der Waals surface area contributed by atoms with E-state index in [1.165, 1.54) is 6.20 Å². The molecule has 0 atom stereocenters. The minimum atomic E-state index is -0.542. The molecule has 3 rings (SSSR count). The zero-order valence-corrected chi connectivity index (χ0v) is 13.4. The van der Waals surface area contributed by atoms with Crippen LogP contribution in [0.5, 0.6) is 0 Å². The number of fused-ring (bicyclic) bond motifs is 1. The summed E-state index contributed by atoms with van der Waals surface area (Å²) in [5.41, 5.74) is 0.657. The third-order valence-corrected chi connectivity index (χ3v) is 3.50. The molecular formula is C16H17N5O3. The molecule has 0 spiro atoms. The average molecular weight is 327 g/mol. The van der Waals surface area contributed by atoms with E-state index in [4.69, 9.17) is 4.74 Å². The lowest BCUT2D eigenvalue weighted by Crippen LogP contribution is -2.34. The fraction of sp³-hybridized carbons (Fsp3) is 0.250. The summed E-state index contributed by atoms with van der Waals surface area (Å²) in [5, 5.41) is 3.20. The van der Waals surface area contributed by atoms with Crippen molar-refractivity contribution in [1.29, 1.82) is 0 Å². The second-order valence-corrected chi connectivity index (χ2v) is 5.29. The first kappa shape index (κ1) is 15.9. The maximum absolute atomic E-state index is 12.7. The van der Waals surface area contributed by atoms with Crippen LogP contribution in [-0.2, 0) is 4.74 Å². The van der Waals surface area contributed by atoms with E-state index >= 15 is 0 Å². The van der Waals surface area contributed by atoms with Gasteiger partial charge in [0.25, 0.3) is 5.56 Å².